The lowest BCUT2D eigenvalue weighted by molar-refractivity contribution is 0.270. The SMILES string of the molecule is CCOc1cc2nccc(C)c2cc1OCc1ccccc1. The third-order valence-corrected chi connectivity index (χ3v) is 3.56. The number of hydrogen-bond acceptors (Lipinski definition) is 3. The Morgan fingerprint density at radius 1 is 0.955 bits per heavy atom. The van der Waals surface area contributed by atoms with Gasteiger partial charge in [0.15, 0.2) is 11.5 Å². The average Bonchev–Trinajstić information content (AvgIpc) is 2.55. The van der Waals surface area contributed by atoms with Gasteiger partial charge in [-0.05, 0) is 37.1 Å². The molecule has 3 heteroatoms. The van der Waals surface area contributed by atoms with E-state index in [9.17, 15) is 0 Å². The molecule has 0 aliphatic heterocycles. The van der Waals surface area contributed by atoms with Crippen molar-refractivity contribution in [3.8, 4) is 11.5 Å². The summed E-state index contributed by atoms with van der Waals surface area (Å²) in [6.45, 7) is 5.16. The fourth-order valence-corrected chi connectivity index (χ4v) is 2.41. The maximum absolute atomic E-state index is 5.99. The molecule has 0 aliphatic rings. The van der Waals surface area contributed by atoms with E-state index in [0.717, 1.165) is 28.0 Å². The molecule has 0 saturated carbocycles. The van der Waals surface area contributed by atoms with E-state index in [2.05, 4.69) is 11.9 Å². The fraction of sp³-hybridized carbons (Fsp3) is 0.211. The van der Waals surface area contributed by atoms with Crippen LogP contribution in [-0.2, 0) is 6.61 Å². The van der Waals surface area contributed by atoms with Gasteiger partial charge in [0.1, 0.15) is 6.61 Å². The Kier molecular flexibility index (Phi) is 4.24. The number of hydrogen-bond donors (Lipinski definition) is 0. The van der Waals surface area contributed by atoms with Gasteiger partial charge < -0.3 is 9.47 Å². The second-order valence-electron chi connectivity index (χ2n) is 5.15. The molecule has 3 aromatic rings. The summed E-state index contributed by atoms with van der Waals surface area (Å²) in [7, 11) is 0. The van der Waals surface area contributed by atoms with E-state index < -0.39 is 0 Å². The zero-order valence-electron chi connectivity index (χ0n) is 12.9. The molecular weight excluding hydrogens is 274 g/mol. The summed E-state index contributed by atoms with van der Waals surface area (Å²) in [5.74, 6) is 1.50. The molecule has 0 atom stereocenters. The van der Waals surface area contributed by atoms with Crippen LogP contribution in [0.4, 0.5) is 0 Å². The molecule has 0 amide bonds. The molecule has 112 valence electrons. The van der Waals surface area contributed by atoms with E-state index in [1.165, 1.54) is 5.56 Å². The van der Waals surface area contributed by atoms with E-state index in [0.29, 0.717) is 13.2 Å². The number of pyridine rings is 1. The minimum absolute atomic E-state index is 0.520. The quantitative estimate of drug-likeness (QED) is 0.693. The molecule has 0 N–H and O–H groups in total. The standard InChI is InChI=1S/C19H19NO2/c1-3-21-19-12-17-16(14(2)9-10-20-17)11-18(19)22-13-15-7-5-4-6-8-15/h4-12H,3,13H2,1-2H3. The van der Waals surface area contributed by atoms with Gasteiger partial charge in [-0.1, -0.05) is 30.3 Å². The largest absolute Gasteiger partial charge is 0.490 e. The van der Waals surface area contributed by atoms with Gasteiger partial charge in [0.25, 0.3) is 0 Å². The summed E-state index contributed by atoms with van der Waals surface area (Å²) in [6.07, 6.45) is 1.82. The van der Waals surface area contributed by atoms with E-state index in [4.69, 9.17) is 9.47 Å². The zero-order chi connectivity index (χ0) is 15.4. The van der Waals surface area contributed by atoms with E-state index in [-0.39, 0.29) is 0 Å². The maximum Gasteiger partial charge on any atom is 0.163 e. The van der Waals surface area contributed by atoms with Crippen molar-refractivity contribution in [2.24, 2.45) is 0 Å². The molecule has 0 unspecified atom stereocenters. The minimum Gasteiger partial charge on any atom is -0.490 e. The molecule has 2 aromatic carbocycles. The first-order valence-corrected chi connectivity index (χ1v) is 7.47. The van der Waals surface area contributed by atoms with Crippen molar-refractivity contribution >= 4 is 10.9 Å². The number of ether oxygens (including phenoxy) is 2. The third-order valence-electron chi connectivity index (χ3n) is 3.56. The molecule has 3 nitrogen and oxygen atoms in total. The van der Waals surface area contributed by atoms with Gasteiger partial charge in [-0.25, -0.2) is 0 Å². The lowest BCUT2D eigenvalue weighted by atomic mass is 10.1. The molecule has 0 spiro atoms. The summed E-state index contributed by atoms with van der Waals surface area (Å²) in [6, 6.07) is 16.1. The highest BCUT2D eigenvalue weighted by Crippen LogP contribution is 2.33. The first-order valence-electron chi connectivity index (χ1n) is 7.47. The normalized spacial score (nSPS) is 10.6. The van der Waals surface area contributed by atoms with Crippen LogP contribution in [0.2, 0.25) is 0 Å². The Morgan fingerprint density at radius 3 is 2.50 bits per heavy atom. The first-order chi connectivity index (χ1) is 10.8. The van der Waals surface area contributed by atoms with Crippen LogP contribution >= 0.6 is 0 Å². The van der Waals surface area contributed by atoms with Crippen LogP contribution in [0.5, 0.6) is 11.5 Å². The van der Waals surface area contributed by atoms with Crippen LogP contribution in [0.25, 0.3) is 10.9 Å². The number of nitrogens with zero attached hydrogens (tertiary/aromatic N) is 1. The molecule has 0 fully saturated rings. The van der Waals surface area contributed by atoms with Gasteiger partial charge in [0.2, 0.25) is 0 Å². The van der Waals surface area contributed by atoms with Crippen LogP contribution in [0.1, 0.15) is 18.1 Å². The molecular formula is C19H19NO2. The second kappa shape index (κ2) is 6.48. The second-order valence-corrected chi connectivity index (χ2v) is 5.15. The number of fused-ring (bicyclic) bond motifs is 1. The van der Waals surface area contributed by atoms with Crippen molar-refractivity contribution in [2.45, 2.75) is 20.5 Å². The number of aromatic nitrogens is 1. The van der Waals surface area contributed by atoms with Crippen molar-refractivity contribution in [3.63, 3.8) is 0 Å². The Hall–Kier alpha value is -2.55. The lowest BCUT2D eigenvalue weighted by Gasteiger charge is -2.14. The predicted octanol–water partition coefficient (Wildman–Crippen LogP) is 4.52. The Bertz CT molecular complexity index is 769. The van der Waals surface area contributed by atoms with Gasteiger partial charge in [0, 0.05) is 17.6 Å². The Balaban J connectivity index is 1.95. The summed E-state index contributed by atoms with van der Waals surface area (Å²) >= 11 is 0. The monoisotopic (exact) mass is 293 g/mol. The van der Waals surface area contributed by atoms with Crippen LogP contribution in [0.15, 0.2) is 54.7 Å². The topological polar surface area (TPSA) is 31.4 Å². The third kappa shape index (κ3) is 3.03. The van der Waals surface area contributed by atoms with Crippen LogP contribution < -0.4 is 9.47 Å². The molecule has 3 rings (SSSR count). The van der Waals surface area contributed by atoms with Crippen LogP contribution in [0.3, 0.4) is 0 Å². The first kappa shape index (κ1) is 14.4. The number of aryl methyl sites for hydroxylation is 1. The molecule has 1 heterocycles. The number of benzene rings is 2. The zero-order valence-corrected chi connectivity index (χ0v) is 12.9. The molecule has 0 bridgehead atoms. The van der Waals surface area contributed by atoms with E-state index in [1.807, 2.05) is 61.7 Å². The van der Waals surface area contributed by atoms with Gasteiger partial charge in [-0.3, -0.25) is 4.98 Å². The summed E-state index contributed by atoms with van der Waals surface area (Å²) in [4.78, 5) is 4.41. The van der Waals surface area contributed by atoms with Gasteiger partial charge >= 0.3 is 0 Å². The van der Waals surface area contributed by atoms with Crippen molar-refractivity contribution in [1.29, 1.82) is 0 Å². The Morgan fingerprint density at radius 2 is 1.73 bits per heavy atom. The molecule has 1 aromatic heterocycles. The highest BCUT2D eigenvalue weighted by molar-refractivity contribution is 5.85. The molecule has 0 radical (unpaired) electrons. The van der Waals surface area contributed by atoms with Crippen molar-refractivity contribution in [1.82, 2.24) is 4.98 Å². The van der Waals surface area contributed by atoms with Crippen LogP contribution in [0, 0.1) is 6.92 Å². The summed E-state index contributed by atoms with van der Waals surface area (Å²) in [5, 5.41) is 1.09. The Labute approximate surface area is 130 Å². The molecule has 0 aliphatic carbocycles. The minimum atomic E-state index is 0.520. The van der Waals surface area contributed by atoms with Crippen molar-refractivity contribution in [3.05, 3.63) is 65.9 Å². The lowest BCUT2D eigenvalue weighted by Crippen LogP contribution is -2.00. The highest BCUT2D eigenvalue weighted by atomic mass is 16.5. The molecule has 22 heavy (non-hydrogen) atoms. The van der Waals surface area contributed by atoms with E-state index >= 15 is 0 Å². The van der Waals surface area contributed by atoms with Crippen molar-refractivity contribution in [2.75, 3.05) is 6.61 Å². The smallest absolute Gasteiger partial charge is 0.163 e. The number of rotatable bonds is 5. The summed E-state index contributed by atoms with van der Waals surface area (Å²) in [5.41, 5.74) is 3.24. The van der Waals surface area contributed by atoms with E-state index in [1.54, 1.807) is 0 Å². The molecule has 0 saturated heterocycles. The fourth-order valence-electron chi connectivity index (χ4n) is 2.41. The highest BCUT2D eigenvalue weighted by Gasteiger charge is 2.10. The maximum atomic E-state index is 5.99. The average molecular weight is 293 g/mol. The predicted molar refractivity (Wildman–Crippen MR) is 88.4 cm³/mol. The van der Waals surface area contributed by atoms with Gasteiger partial charge in [-0.15, -0.1) is 0 Å². The van der Waals surface area contributed by atoms with Gasteiger partial charge in [-0.2, -0.15) is 0 Å². The summed E-state index contributed by atoms with van der Waals surface area (Å²) < 4.78 is 11.7. The van der Waals surface area contributed by atoms with Gasteiger partial charge in [0.05, 0.1) is 12.1 Å². The van der Waals surface area contributed by atoms with Crippen molar-refractivity contribution < 1.29 is 9.47 Å². The van der Waals surface area contributed by atoms with Crippen LogP contribution in [-0.4, -0.2) is 11.6 Å².